The molecule has 2 aromatic carbocycles. The van der Waals surface area contributed by atoms with Gasteiger partial charge in [-0.1, -0.05) is 35.9 Å². The van der Waals surface area contributed by atoms with Crippen LogP contribution in [0, 0.1) is 18.3 Å². The molecule has 0 atom stereocenters. The van der Waals surface area contributed by atoms with Crippen LogP contribution in [0.2, 0.25) is 5.02 Å². The number of nitrogens with zero attached hydrogens (tertiary/aromatic N) is 4. The zero-order chi connectivity index (χ0) is 22.9. The van der Waals surface area contributed by atoms with Gasteiger partial charge in [0, 0.05) is 36.8 Å². The van der Waals surface area contributed by atoms with E-state index in [1.807, 2.05) is 18.2 Å². The lowest BCUT2D eigenvalue weighted by atomic mass is 10.2. The lowest BCUT2D eigenvalue weighted by Gasteiger charge is -2.34. The number of carbonyl (C=O) groups excluding carboxylic acids is 1. The van der Waals surface area contributed by atoms with E-state index in [-0.39, 0.29) is 42.5 Å². The molecule has 0 spiro atoms. The van der Waals surface area contributed by atoms with E-state index < -0.39 is 10.0 Å². The number of aromatic nitrogens is 1. The number of carbonyl (C=O) groups is 1. The molecule has 7 nitrogen and oxygen atoms in total. The second-order valence-corrected chi connectivity index (χ2v) is 10.6. The minimum absolute atomic E-state index is 0.00765. The second-order valence-electron chi connectivity index (χ2n) is 7.25. The van der Waals surface area contributed by atoms with Crippen molar-refractivity contribution < 1.29 is 13.2 Å². The highest BCUT2D eigenvalue weighted by Crippen LogP contribution is 2.31. The van der Waals surface area contributed by atoms with E-state index in [4.69, 9.17) is 11.6 Å². The van der Waals surface area contributed by atoms with Gasteiger partial charge < -0.3 is 4.90 Å². The maximum absolute atomic E-state index is 13.1. The van der Waals surface area contributed by atoms with Gasteiger partial charge in [0.15, 0.2) is 0 Å². The van der Waals surface area contributed by atoms with Crippen LogP contribution in [0.25, 0.3) is 10.6 Å². The fourth-order valence-corrected chi connectivity index (χ4v) is 6.32. The number of nitriles is 1. The van der Waals surface area contributed by atoms with Crippen molar-refractivity contribution in [3.63, 3.8) is 0 Å². The number of thiazole rings is 1. The molecule has 1 aromatic heterocycles. The lowest BCUT2D eigenvalue weighted by molar-refractivity contribution is 0.0702. The van der Waals surface area contributed by atoms with E-state index in [0.717, 1.165) is 5.56 Å². The third kappa shape index (κ3) is 4.27. The Labute approximate surface area is 195 Å². The largest absolute Gasteiger partial charge is 0.335 e. The monoisotopic (exact) mass is 486 g/mol. The Hall–Kier alpha value is -2.77. The first kappa shape index (κ1) is 22.4. The number of benzene rings is 2. The summed E-state index contributed by atoms with van der Waals surface area (Å²) < 4.78 is 27.3. The van der Waals surface area contributed by atoms with Gasteiger partial charge in [0.1, 0.15) is 16.0 Å². The number of hydrogen-bond donors (Lipinski definition) is 0. The van der Waals surface area contributed by atoms with Gasteiger partial charge in [-0.15, -0.1) is 11.3 Å². The third-order valence-corrected chi connectivity index (χ3v) is 8.60. The minimum atomic E-state index is -3.81. The number of aryl methyl sites for hydroxylation is 1. The van der Waals surface area contributed by atoms with Gasteiger partial charge >= 0.3 is 0 Å². The molecular formula is C22H19ClN4O3S2. The fourth-order valence-electron chi connectivity index (χ4n) is 3.54. The number of hydrogen-bond acceptors (Lipinski definition) is 6. The number of halogens is 1. The quantitative estimate of drug-likeness (QED) is 0.559. The molecule has 1 amide bonds. The second kappa shape index (κ2) is 9.00. The van der Waals surface area contributed by atoms with Crippen molar-refractivity contribution in [3.05, 3.63) is 69.7 Å². The fraction of sp³-hybridized carbons (Fsp3) is 0.227. The maximum Gasteiger partial charge on any atom is 0.265 e. The Balaban J connectivity index is 1.49. The van der Waals surface area contributed by atoms with Gasteiger partial charge in [0.25, 0.3) is 5.91 Å². The van der Waals surface area contributed by atoms with E-state index in [0.29, 0.717) is 20.6 Å². The van der Waals surface area contributed by atoms with E-state index in [9.17, 15) is 18.5 Å². The summed E-state index contributed by atoms with van der Waals surface area (Å²) in [6.07, 6.45) is 0. The molecule has 32 heavy (non-hydrogen) atoms. The standard InChI is InChI=1S/C22H19ClN4O3S2/c1-15-20(31-21(25-15)16-6-4-7-18(23)13-16)22(28)26-9-11-27(12-10-26)32(29,30)19-8-3-2-5-17(19)14-24/h2-8,13H,9-12H2,1H3. The topological polar surface area (TPSA) is 94.4 Å². The highest BCUT2D eigenvalue weighted by Gasteiger charge is 2.32. The molecule has 3 aromatic rings. The van der Waals surface area contributed by atoms with Gasteiger partial charge in [0.05, 0.1) is 16.2 Å². The van der Waals surface area contributed by atoms with Crippen LogP contribution in [-0.4, -0.2) is 54.7 Å². The van der Waals surface area contributed by atoms with Gasteiger partial charge in [-0.05, 0) is 31.2 Å². The summed E-state index contributed by atoms with van der Waals surface area (Å²) in [7, 11) is -3.81. The van der Waals surface area contributed by atoms with Crippen molar-refractivity contribution >= 4 is 38.9 Å². The van der Waals surface area contributed by atoms with E-state index in [1.54, 1.807) is 36.1 Å². The highest BCUT2D eigenvalue weighted by molar-refractivity contribution is 7.89. The Morgan fingerprint density at radius 3 is 2.53 bits per heavy atom. The van der Waals surface area contributed by atoms with Crippen LogP contribution in [0.4, 0.5) is 0 Å². The van der Waals surface area contributed by atoms with E-state index in [1.165, 1.54) is 27.8 Å². The summed E-state index contributed by atoms with van der Waals surface area (Å²) in [4.78, 5) is 19.8. The van der Waals surface area contributed by atoms with Gasteiger partial charge in [-0.2, -0.15) is 9.57 Å². The van der Waals surface area contributed by atoms with Crippen LogP contribution in [-0.2, 0) is 10.0 Å². The molecule has 0 saturated carbocycles. The van der Waals surface area contributed by atoms with Crippen molar-refractivity contribution in [1.82, 2.24) is 14.2 Å². The summed E-state index contributed by atoms with van der Waals surface area (Å²) in [6.45, 7) is 2.63. The first-order valence-electron chi connectivity index (χ1n) is 9.83. The third-order valence-electron chi connectivity index (χ3n) is 5.21. The number of amides is 1. The average Bonchev–Trinajstić information content (AvgIpc) is 3.20. The van der Waals surface area contributed by atoms with Crippen molar-refractivity contribution in [2.24, 2.45) is 0 Å². The summed E-state index contributed by atoms with van der Waals surface area (Å²) in [5.74, 6) is -0.164. The normalized spacial score (nSPS) is 14.8. The molecule has 10 heteroatoms. The summed E-state index contributed by atoms with van der Waals surface area (Å²) in [5.41, 5.74) is 1.59. The van der Waals surface area contributed by atoms with Crippen LogP contribution in [0.15, 0.2) is 53.4 Å². The van der Waals surface area contributed by atoms with Crippen molar-refractivity contribution in [2.75, 3.05) is 26.2 Å². The first-order chi connectivity index (χ1) is 15.3. The van der Waals surface area contributed by atoms with Gasteiger partial charge in [0.2, 0.25) is 10.0 Å². The molecule has 1 saturated heterocycles. The van der Waals surface area contributed by atoms with Crippen molar-refractivity contribution in [3.8, 4) is 16.6 Å². The molecule has 0 N–H and O–H groups in total. The molecule has 4 rings (SSSR count). The predicted octanol–water partition coefficient (Wildman–Crippen LogP) is 3.79. The van der Waals surface area contributed by atoms with E-state index in [2.05, 4.69) is 4.98 Å². The number of sulfonamides is 1. The zero-order valence-corrected chi connectivity index (χ0v) is 19.5. The molecule has 2 heterocycles. The molecule has 1 aliphatic heterocycles. The lowest BCUT2D eigenvalue weighted by Crippen LogP contribution is -2.50. The molecule has 1 fully saturated rings. The summed E-state index contributed by atoms with van der Waals surface area (Å²) in [5, 5.41) is 10.6. The number of piperazine rings is 1. The Morgan fingerprint density at radius 1 is 1.12 bits per heavy atom. The van der Waals surface area contributed by atoms with Crippen molar-refractivity contribution in [2.45, 2.75) is 11.8 Å². The predicted molar refractivity (Wildman–Crippen MR) is 123 cm³/mol. The van der Waals surface area contributed by atoms with E-state index >= 15 is 0 Å². The molecule has 0 bridgehead atoms. The van der Waals surface area contributed by atoms with Crippen LogP contribution < -0.4 is 0 Å². The average molecular weight is 487 g/mol. The van der Waals surface area contributed by atoms with Crippen LogP contribution in [0.3, 0.4) is 0 Å². The number of rotatable bonds is 4. The smallest absolute Gasteiger partial charge is 0.265 e. The van der Waals surface area contributed by atoms with Crippen LogP contribution >= 0.6 is 22.9 Å². The molecule has 1 aliphatic rings. The SMILES string of the molecule is Cc1nc(-c2cccc(Cl)c2)sc1C(=O)N1CCN(S(=O)(=O)c2ccccc2C#N)CC1. The zero-order valence-electron chi connectivity index (χ0n) is 17.2. The maximum atomic E-state index is 13.1. The minimum Gasteiger partial charge on any atom is -0.335 e. The molecule has 0 aliphatic carbocycles. The van der Waals surface area contributed by atoms with Crippen LogP contribution in [0.5, 0.6) is 0 Å². The Bertz CT molecular complexity index is 1320. The molecule has 164 valence electrons. The molecule has 0 radical (unpaired) electrons. The summed E-state index contributed by atoms with van der Waals surface area (Å²) >= 11 is 7.37. The first-order valence-corrected chi connectivity index (χ1v) is 12.5. The molecular weight excluding hydrogens is 468 g/mol. The Morgan fingerprint density at radius 2 is 1.84 bits per heavy atom. The van der Waals surface area contributed by atoms with Gasteiger partial charge in [-0.25, -0.2) is 13.4 Å². The van der Waals surface area contributed by atoms with Crippen molar-refractivity contribution in [1.29, 1.82) is 5.26 Å². The van der Waals surface area contributed by atoms with Gasteiger partial charge in [-0.3, -0.25) is 4.79 Å². The van der Waals surface area contributed by atoms with Crippen LogP contribution in [0.1, 0.15) is 20.9 Å². The highest BCUT2D eigenvalue weighted by atomic mass is 35.5. The summed E-state index contributed by atoms with van der Waals surface area (Å²) in [6, 6.07) is 15.4. The molecule has 0 unspecified atom stereocenters. The Kier molecular flexibility index (Phi) is 6.31.